The zero-order valence-corrected chi connectivity index (χ0v) is 11.4. The Morgan fingerprint density at radius 1 is 1.43 bits per heavy atom. The molecule has 0 saturated heterocycles. The second-order valence-electron chi connectivity index (χ2n) is 3.91. The van der Waals surface area contributed by atoms with Gasteiger partial charge in [0.05, 0.1) is 4.92 Å². The SMILES string of the molecule is CC[C@H](NS(=O)(=O)c1cc([N+](=O)[O-])c(F)cc1F)C(=O)O. The second-order valence-corrected chi connectivity index (χ2v) is 5.59. The normalized spacial score (nSPS) is 12.9. The molecule has 0 unspecified atom stereocenters. The molecule has 11 heteroatoms. The lowest BCUT2D eigenvalue weighted by atomic mass is 10.2. The molecule has 0 aliphatic heterocycles. The van der Waals surface area contributed by atoms with Crippen molar-refractivity contribution in [1.82, 2.24) is 4.72 Å². The van der Waals surface area contributed by atoms with E-state index in [1.54, 1.807) is 4.72 Å². The number of hydrogen-bond acceptors (Lipinski definition) is 5. The van der Waals surface area contributed by atoms with Crippen molar-refractivity contribution in [2.24, 2.45) is 0 Å². The summed E-state index contributed by atoms with van der Waals surface area (Å²) in [6, 6.07) is -1.30. The molecule has 0 amide bonds. The van der Waals surface area contributed by atoms with Crippen molar-refractivity contribution < 1.29 is 32.0 Å². The van der Waals surface area contributed by atoms with Gasteiger partial charge in [-0.1, -0.05) is 6.92 Å². The van der Waals surface area contributed by atoms with Crippen LogP contribution in [0.2, 0.25) is 0 Å². The van der Waals surface area contributed by atoms with Gasteiger partial charge >= 0.3 is 11.7 Å². The monoisotopic (exact) mass is 324 g/mol. The van der Waals surface area contributed by atoms with Crippen LogP contribution < -0.4 is 4.72 Å². The van der Waals surface area contributed by atoms with Gasteiger partial charge in [0.15, 0.2) is 0 Å². The largest absolute Gasteiger partial charge is 0.480 e. The molecular weight excluding hydrogens is 314 g/mol. The maximum absolute atomic E-state index is 13.5. The molecule has 8 nitrogen and oxygen atoms in total. The maximum atomic E-state index is 13.5. The second kappa shape index (κ2) is 6.10. The van der Waals surface area contributed by atoms with Crippen LogP contribution in [-0.4, -0.2) is 30.5 Å². The molecule has 21 heavy (non-hydrogen) atoms. The highest BCUT2D eigenvalue weighted by molar-refractivity contribution is 7.89. The lowest BCUT2D eigenvalue weighted by Crippen LogP contribution is -2.40. The molecule has 1 aromatic rings. The maximum Gasteiger partial charge on any atom is 0.321 e. The van der Waals surface area contributed by atoms with E-state index >= 15 is 0 Å². The number of nitro groups is 1. The highest BCUT2D eigenvalue weighted by Gasteiger charge is 2.29. The zero-order chi connectivity index (χ0) is 16.4. The summed E-state index contributed by atoms with van der Waals surface area (Å²) in [4.78, 5) is 18.9. The minimum absolute atomic E-state index is 0.0500. The molecule has 0 spiro atoms. The minimum atomic E-state index is -4.70. The summed E-state index contributed by atoms with van der Waals surface area (Å²) < 4.78 is 52.0. The van der Waals surface area contributed by atoms with Crippen LogP contribution in [-0.2, 0) is 14.8 Å². The fraction of sp³-hybridized carbons (Fsp3) is 0.300. The van der Waals surface area contributed by atoms with Crippen LogP contribution in [0.15, 0.2) is 17.0 Å². The predicted molar refractivity (Wildman–Crippen MR) is 65.0 cm³/mol. The van der Waals surface area contributed by atoms with Crippen LogP contribution >= 0.6 is 0 Å². The Kier molecular flexibility index (Phi) is 4.91. The van der Waals surface area contributed by atoms with Crippen molar-refractivity contribution in [1.29, 1.82) is 0 Å². The smallest absolute Gasteiger partial charge is 0.321 e. The van der Waals surface area contributed by atoms with Gasteiger partial charge in [0.25, 0.3) is 0 Å². The molecule has 1 rings (SSSR count). The van der Waals surface area contributed by atoms with Gasteiger partial charge in [0, 0.05) is 12.1 Å². The Morgan fingerprint density at radius 3 is 2.43 bits per heavy atom. The molecule has 0 aromatic heterocycles. The van der Waals surface area contributed by atoms with Gasteiger partial charge in [-0.2, -0.15) is 9.11 Å². The number of nitrogens with one attached hydrogen (secondary N) is 1. The Labute approximate surface area is 117 Å². The quantitative estimate of drug-likeness (QED) is 0.594. The summed E-state index contributed by atoms with van der Waals surface area (Å²) >= 11 is 0. The predicted octanol–water partition coefficient (Wildman–Crippen LogP) is 1.01. The third-order valence-electron chi connectivity index (χ3n) is 2.49. The Morgan fingerprint density at radius 2 is 2.00 bits per heavy atom. The Bertz CT molecular complexity index is 691. The van der Waals surface area contributed by atoms with Gasteiger partial charge in [0.2, 0.25) is 15.8 Å². The van der Waals surface area contributed by atoms with Crippen molar-refractivity contribution in [2.75, 3.05) is 0 Å². The van der Waals surface area contributed by atoms with Crippen molar-refractivity contribution in [3.05, 3.63) is 33.9 Å². The lowest BCUT2D eigenvalue weighted by Gasteiger charge is -2.13. The number of nitro benzene ring substituents is 1. The van der Waals surface area contributed by atoms with E-state index in [9.17, 15) is 32.1 Å². The van der Waals surface area contributed by atoms with Gasteiger partial charge in [0.1, 0.15) is 16.8 Å². The molecule has 0 fully saturated rings. The van der Waals surface area contributed by atoms with E-state index in [0.717, 1.165) is 0 Å². The lowest BCUT2D eigenvalue weighted by molar-refractivity contribution is -0.387. The van der Waals surface area contributed by atoms with Crippen LogP contribution in [0.25, 0.3) is 0 Å². The highest BCUT2D eigenvalue weighted by Crippen LogP contribution is 2.24. The average Bonchev–Trinajstić information content (AvgIpc) is 2.34. The summed E-state index contributed by atoms with van der Waals surface area (Å²) in [6.45, 7) is 1.37. The Hall–Kier alpha value is -2.14. The van der Waals surface area contributed by atoms with Gasteiger partial charge in [-0.25, -0.2) is 12.8 Å². The van der Waals surface area contributed by atoms with Crippen LogP contribution in [0.1, 0.15) is 13.3 Å². The van der Waals surface area contributed by atoms with E-state index in [1.807, 2.05) is 0 Å². The zero-order valence-electron chi connectivity index (χ0n) is 10.5. The van der Waals surface area contributed by atoms with E-state index in [4.69, 9.17) is 5.11 Å². The first-order valence-corrected chi connectivity index (χ1v) is 6.97. The van der Waals surface area contributed by atoms with Crippen LogP contribution in [0.3, 0.4) is 0 Å². The highest BCUT2D eigenvalue weighted by atomic mass is 32.2. The summed E-state index contributed by atoms with van der Waals surface area (Å²) in [5.74, 6) is -4.61. The molecule has 116 valence electrons. The molecule has 0 heterocycles. The van der Waals surface area contributed by atoms with Crippen LogP contribution in [0.4, 0.5) is 14.5 Å². The summed E-state index contributed by atoms with van der Waals surface area (Å²) in [5.41, 5.74) is -1.24. The first-order chi connectivity index (χ1) is 9.60. The standard InChI is InChI=1S/C10H10F2N2O6S/c1-2-7(10(15)16)13-21(19,20)9-4-8(14(17)18)5(11)3-6(9)12/h3-4,7,13H,2H2,1H3,(H,15,16)/t7-/m0/s1. The minimum Gasteiger partial charge on any atom is -0.480 e. The van der Waals surface area contributed by atoms with Crippen LogP contribution in [0.5, 0.6) is 0 Å². The number of benzene rings is 1. The van der Waals surface area contributed by atoms with Crippen molar-refractivity contribution in [2.45, 2.75) is 24.3 Å². The number of nitrogens with zero attached hydrogens (tertiary/aromatic N) is 1. The van der Waals surface area contributed by atoms with Crippen molar-refractivity contribution in [3.63, 3.8) is 0 Å². The van der Waals surface area contributed by atoms with Crippen molar-refractivity contribution >= 4 is 21.7 Å². The molecule has 0 aliphatic carbocycles. The van der Waals surface area contributed by atoms with E-state index in [2.05, 4.69) is 0 Å². The fourth-order valence-corrected chi connectivity index (χ4v) is 2.77. The Balaban J connectivity index is 3.35. The third-order valence-corrected chi connectivity index (χ3v) is 3.98. The van der Waals surface area contributed by atoms with Crippen LogP contribution in [0, 0.1) is 21.7 Å². The van der Waals surface area contributed by atoms with Crippen molar-refractivity contribution in [3.8, 4) is 0 Å². The summed E-state index contributed by atoms with van der Waals surface area (Å²) in [6.07, 6.45) is -0.139. The van der Waals surface area contributed by atoms with Gasteiger partial charge < -0.3 is 5.11 Å². The number of carboxylic acids is 1. The van der Waals surface area contributed by atoms with E-state index in [-0.39, 0.29) is 18.6 Å². The van der Waals surface area contributed by atoms with Gasteiger partial charge in [-0.05, 0) is 6.42 Å². The number of carbonyl (C=O) groups is 1. The molecule has 0 aliphatic rings. The molecule has 1 aromatic carbocycles. The molecule has 0 bridgehead atoms. The number of aliphatic carboxylic acids is 1. The topological polar surface area (TPSA) is 127 Å². The summed E-state index contributed by atoms with van der Waals surface area (Å²) in [5, 5.41) is 19.3. The fourth-order valence-electron chi connectivity index (χ4n) is 1.42. The van der Waals surface area contributed by atoms with Gasteiger partial charge in [-0.15, -0.1) is 0 Å². The van der Waals surface area contributed by atoms with E-state index in [1.165, 1.54) is 6.92 Å². The van der Waals surface area contributed by atoms with Gasteiger partial charge in [-0.3, -0.25) is 14.9 Å². The number of halogens is 2. The number of sulfonamides is 1. The summed E-state index contributed by atoms with van der Waals surface area (Å²) in [7, 11) is -4.70. The van der Waals surface area contributed by atoms with E-state index in [0.29, 0.717) is 0 Å². The third kappa shape index (κ3) is 3.70. The number of rotatable bonds is 6. The molecule has 2 N–H and O–H groups in total. The molecular formula is C10H10F2N2O6S. The molecule has 0 saturated carbocycles. The van der Waals surface area contributed by atoms with E-state index < -0.39 is 49.2 Å². The first-order valence-electron chi connectivity index (χ1n) is 5.48. The molecule has 1 atom stereocenters. The molecule has 0 radical (unpaired) electrons. The number of hydrogen-bond donors (Lipinski definition) is 2. The number of carboxylic acid groups (broad SMARTS) is 1. The first kappa shape index (κ1) is 16.9. The average molecular weight is 324 g/mol.